The highest BCUT2D eigenvalue weighted by Crippen LogP contribution is 2.34. The van der Waals surface area contributed by atoms with Crippen molar-refractivity contribution in [3.05, 3.63) is 0 Å². The first-order valence-corrected chi connectivity index (χ1v) is 6.74. The van der Waals surface area contributed by atoms with Gasteiger partial charge >= 0.3 is 0 Å². The molecular formula is C9H19NO2S. The van der Waals surface area contributed by atoms with E-state index in [4.69, 9.17) is 0 Å². The first kappa shape index (κ1) is 11.0. The third kappa shape index (κ3) is 3.65. The van der Waals surface area contributed by atoms with Crippen molar-refractivity contribution < 1.29 is 8.42 Å². The summed E-state index contributed by atoms with van der Waals surface area (Å²) in [6, 6.07) is 0.247. The lowest BCUT2D eigenvalue weighted by Gasteiger charge is -2.03. The van der Waals surface area contributed by atoms with E-state index >= 15 is 0 Å². The second kappa shape index (κ2) is 4.42. The quantitative estimate of drug-likeness (QED) is 0.714. The normalized spacial score (nSPS) is 27.5. The van der Waals surface area contributed by atoms with Gasteiger partial charge in [-0.2, -0.15) is 0 Å². The van der Waals surface area contributed by atoms with E-state index in [1.54, 1.807) is 0 Å². The van der Waals surface area contributed by atoms with Gasteiger partial charge in [0.05, 0.1) is 5.75 Å². The van der Waals surface area contributed by atoms with E-state index in [1.807, 2.05) is 6.92 Å². The van der Waals surface area contributed by atoms with Crippen molar-refractivity contribution in [2.45, 2.75) is 45.6 Å². The summed E-state index contributed by atoms with van der Waals surface area (Å²) in [7, 11) is -2.97. The molecule has 0 aromatic heterocycles. The van der Waals surface area contributed by atoms with Crippen LogP contribution in [-0.2, 0) is 10.0 Å². The first-order chi connectivity index (χ1) is 6.09. The third-order valence-corrected chi connectivity index (χ3v) is 3.99. The Hall–Kier alpha value is -0.0900. The molecule has 0 aliphatic heterocycles. The van der Waals surface area contributed by atoms with Crippen LogP contribution in [0.5, 0.6) is 0 Å². The smallest absolute Gasteiger partial charge is 0.211 e. The van der Waals surface area contributed by atoms with E-state index in [9.17, 15) is 8.42 Å². The SMILES string of the molecule is CCCC1CC1NS(=O)(=O)CCC. The van der Waals surface area contributed by atoms with Crippen molar-refractivity contribution in [2.24, 2.45) is 5.92 Å². The molecule has 1 fully saturated rings. The molecule has 1 aliphatic rings. The average Bonchev–Trinajstić information content (AvgIpc) is 2.67. The van der Waals surface area contributed by atoms with Gasteiger partial charge in [-0.3, -0.25) is 0 Å². The summed E-state index contributed by atoms with van der Waals surface area (Å²) in [5.41, 5.74) is 0. The fraction of sp³-hybridized carbons (Fsp3) is 1.00. The largest absolute Gasteiger partial charge is 0.212 e. The van der Waals surface area contributed by atoms with Crippen molar-refractivity contribution in [3.8, 4) is 0 Å². The van der Waals surface area contributed by atoms with E-state index in [-0.39, 0.29) is 11.8 Å². The highest BCUT2D eigenvalue weighted by Gasteiger charge is 2.38. The van der Waals surface area contributed by atoms with Crippen LogP contribution in [0, 0.1) is 5.92 Å². The summed E-state index contributed by atoms with van der Waals surface area (Å²) in [6.07, 6.45) is 4.03. The van der Waals surface area contributed by atoms with Crippen LogP contribution in [0.1, 0.15) is 39.5 Å². The number of hydrogen-bond donors (Lipinski definition) is 1. The molecule has 1 N–H and O–H groups in total. The number of nitrogens with one attached hydrogen (secondary N) is 1. The van der Waals surface area contributed by atoms with E-state index in [0.717, 1.165) is 19.3 Å². The van der Waals surface area contributed by atoms with Crippen molar-refractivity contribution in [1.29, 1.82) is 0 Å². The Bertz CT molecular complexity index is 248. The van der Waals surface area contributed by atoms with Gasteiger partial charge in [-0.05, 0) is 25.2 Å². The Morgan fingerprint density at radius 1 is 1.31 bits per heavy atom. The number of sulfonamides is 1. The zero-order valence-corrected chi connectivity index (χ0v) is 9.23. The number of hydrogen-bond acceptors (Lipinski definition) is 2. The molecule has 0 aromatic rings. The lowest BCUT2D eigenvalue weighted by Crippen LogP contribution is -2.29. The summed E-state index contributed by atoms with van der Waals surface area (Å²) in [5.74, 6) is 0.874. The fourth-order valence-electron chi connectivity index (χ4n) is 1.64. The Labute approximate surface area is 81.0 Å². The average molecular weight is 205 g/mol. The summed E-state index contributed by atoms with van der Waals surface area (Å²) in [4.78, 5) is 0. The fourth-order valence-corrected chi connectivity index (χ4v) is 3.05. The van der Waals surface area contributed by atoms with Crippen LogP contribution in [0.2, 0.25) is 0 Å². The van der Waals surface area contributed by atoms with Crippen molar-refractivity contribution in [1.82, 2.24) is 4.72 Å². The summed E-state index contributed by atoms with van der Waals surface area (Å²) >= 11 is 0. The van der Waals surface area contributed by atoms with Crippen LogP contribution < -0.4 is 4.72 Å². The van der Waals surface area contributed by atoms with Gasteiger partial charge in [-0.15, -0.1) is 0 Å². The minimum atomic E-state index is -2.97. The van der Waals surface area contributed by atoms with Crippen LogP contribution >= 0.6 is 0 Å². The molecule has 13 heavy (non-hydrogen) atoms. The molecule has 1 saturated carbocycles. The summed E-state index contributed by atoms with van der Waals surface area (Å²) < 4.78 is 25.4. The number of rotatable bonds is 6. The first-order valence-electron chi connectivity index (χ1n) is 5.09. The summed E-state index contributed by atoms with van der Waals surface area (Å²) in [5, 5.41) is 0. The van der Waals surface area contributed by atoms with Gasteiger partial charge in [-0.1, -0.05) is 20.3 Å². The van der Waals surface area contributed by atoms with Crippen LogP contribution in [0.4, 0.5) is 0 Å². The second-order valence-electron chi connectivity index (χ2n) is 3.83. The van der Waals surface area contributed by atoms with E-state index < -0.39 is 10.0 Å². The zero-order chi connectivity index (χ0) is 9.90. The minimum absolute atomic E-state index is 0.247. The molecule has 1 rings (SSSR count). The maximum atomic E-state index is 11.3. The molecule has 0 aromatic carbocycles. The van der Waals surface area contributed by atoms with Gasteiger partial charge in [0.15, 0.2) is 0 Å². The standard InChI is InChI=1S/C9H19NO2S/c1-3-5-8-7-9(8)10-13(11,12)6-4-2/h8-10H,3-7H2,1-2H3. The molecule has 2 atom stereocenters. The molecule has 4 heteroatoms. The van der Waals surface area contributed by atoms with E-state index in [0.29, 0.717) is 12.3 Å². The Kier molecular flexibility index (Phi) is 3.74. The predicted octanol–water partition coefficient (Wildman–Crippen LogP) is 1.50. The Morgan fingerprint density at radius 3 is 2.54 bits per heavy atom. The molecule has 0 heterocycles. The zero-order valence-electron chi connectivity index (χ0n) is 8.41. The Morgan fingerprint density at radius 2 is 2.00 bits per heavy atom. The lowest BCUT2D eigenvalue weighted by atomic mass is 10.2. The second-order valence-corrected chi connectivity index (χ2v) is 5.70. The predicted molar refractivity (Wildman–Crippen MR) is 54.0 cm³/mol. The molecule has 78 valence electrons. The van der Waals surface area contributed by atoms with E-state index in [2.05, 4.69) is 11.6 Å². The summed E-state index contributed by atoms with van der Waals surface area (Å²) in [6.45, 7) is 4.02. The molecule has 0 amide bonds. The van der Waals surface area contributed by atoms with Gasteiger partial charge in [-0.25, -0.2) is 13.1 Å². The maximum absolute atomic E-state index is 11.3. The topological polar surface area (TPSA) is 46.2 Å². The highest BCUT2D eigenvalue weighted by atomic mass is 32.2. The van der Waals surface area contributed by atoms with Gasteiger partial charge < -0.3 is 0 Å². The van der Waals surface area contributed by atoms with Crippen molar-refractivity contribution >= 4 is 10.0 Å². The molecule has 2 unspecified atom stereocenters. The van der Waals surface area contributed by atoms with Gasteiger partial charge in [0.25, 0.3) is 0 Å². The minimum Gasteiger partial charge on any atom is -0.212 e. The molecule has 0 bridgehead atoms. The molecule has 0 saturated heterocycles. The Balaban J connectivity index is 2.27. The van der Waals surface area contributed by atoms with Crippen molar-refractivity contribution in [3.63, 3.8) is 0 Å². The van der Waals surface area contributed by atoms with Crippen LogP contribution in [0.3, 0.4) is 0 Å². The molecule has 1 aliphatic carbocycles. The highest BCUT2D eigenvalue weighted by molar-refractivity contribution is 7.89. The molecule has 0 spiro atoms. The van der Waals surface area contributed by atoms with Gasteiger partial charge in [0.2, 0.25) is 10.0 Å². The van der Waals surface area contributed by atoms with Crippen molar-refractivity contribution in [2.75, 3.05) is 5.75 Å². The molecule has 0 radical (unpaired) electrons. The maximum Gasteiger partial charge on any atom is 0.211 e. The third-order valence-electron chi connectivity index (χ3n) is 2.39. The molecular weight excluding hydrogens is 186 g/mol. The van der Waals surface area contributed by atoms with Crippen LogP contribution in [-0.4, -0.2) is 20.2 Å². The van der Waals surface area contributed by atoms with Crippen LogP contribution in [0.15, 0.2) is 0 Å². The van der Waals surface area contributed by atoms with E-state index in [1.165, 1.54) is 0 Å². The van der Waals surface area contributed by atoms with Gasteiger partial charge in [0, 0.05) is 6.04 Å². The van der Waals surface area contributed by atoms with Crippen LogP contribution in [0.25, 0.3) is 0 Å². The molecule has 3 nitrogen and oxygen atoms in total. The monoisotopic (exact) mass is 205 g/mol. The van der Waals surface area contributed by atoms with Gasteiger partial charge in [0.1, 0.15) is 0 Å². The lowest BCUT2D eigenvalue weighted by molar-refractivity contribution is 0.572.